The quantitative estimate of drug-likeness (QED) is 0.610. The topological polar surface area (TPSA) is 80.9 Å². The van der Waals surface area contributed by atoms with Crippen molar-refractivity contribution in [2.45, 2.75) is 25.0 Å². The molecule has 2 aromatic heterocycles. The van der Waals surface area contributed by atoms with E-state index in [9.17, 15) is 4.79 Å². The molecule has 0 saturated carbocycles. The molecule has 9 heteroatoms. The number of carbonyl (C=O) groups excluding carboxylic acids is 1. The van der Waals surface area contributed by atoms with Crippen molar-refractivity contribution in [1.82, 2.24) is 15.2 Å². The van der Waals surface area contributed by atoms with Crippen LogP contribution >= 0.6 is 34.7 Å². The average molecular weight is 395 g/mol. The third-order valence-corrected chi connectivity index (χ3v) is 4.96. The van der Waals surface area contributed by atoms with Gasteiger partial charge < -0.3 is 9.73 Å². The number of anilines is 1. The van der Waals surface area contributed by atoms with Crippen molar-refractivity contribution < 1.29 is 9.21 Å². The summed E-state index contributed by atoms with van der Waals surface area (Å²) in [6, 6.07) is 7.39. The SMILES string of the molecule is CC(C)c1nnc(SCC(=O)Nc2nc(-c3ccc(Cl)cc3)cs2)o1. The van der Waals surface area contributed by atoms with Crippen molar-refractivity contribution in [3.05, 3.63) is 40.6 Å². The van der Waals surface area contributed by atoms with Crippen LogP contribution in [0.3, 0.4) is 0 Å². The van der Waals surface area contributed by atoms with Crippen molar-refractivity contribution in [3.63, 3.8) is 0 Å². The van der Waals surface area contributed by atoms with E-state index < -0.39 is 0 Å². The Kier molecular flexibility index (Phi) is 5.72. The van der Waals surface area contributed by atoms with Gasteiger partial charge in [0.25, 0.3) is 5.22 Å². The maximum atomic E-state index is 12.0. The zero-order valence-electron chi connectivity index (χ0n) is 13.5. The Hall–Kier alpha value is -1.90. The van der Waals surface area contributed by atoms with Crippen molar-refractivity contribution in [2.75, 3.05) is 11.1 Å². The third-order valence-electron chi connectivity index (χ3n) is 3.13. The van der Waals surface area contributed by atoms with Crippen molar-refractivity contribution in [3.8, 4) is 11.3 Å². The van der Waals surface area contributed by atoms with Crippen molar-refractivity contribution >= 4 is 45.7 Å². The number of halogens is 1. The summed E-state index contributed by atoms with van der Waals surface area (Å²) in [6.07, 6.45) is 0. The highest BCUT2D eigenvalue weighted by molar-refractivity contribution is 7.99. The Balaban J connectivity index is 1.55. The molecule has 2 heterocycles. The summed E-state index contributed by atoms with van der Waals surface area (Å²) in [7, 11) is 0. The van der Waals surface area contributed by atoms with Gasteiger partial charge in [0, 0.05) is 21.9 Å². The summed E-state index contributed by atoms with van der Waals surface area (Å²) in [5.74, 6) is 0.731. The van der Waals surface area contributed by atoms with Crippen LogP contribution in [0.5, 0.6) is 0 Å². The van der Waals surface area contributed by atoms with Gasteiger partial charge in [-0.3, -0.25) is 4.79 Å². The fraction of sp³-hybridized carbons (Fsp3) is 0.250. The molecular formula is C16H15ClN4O2S2. The van der Waals surface area contributed by atoms with E-state index in [4.69, 9.17) is 16.0 Å². The number of hydrogen-bond acceptors (Lipinski definition) is 7. The first-order chi connectivity index (χ1) is 12.0. The minimum Gasteiger partial charge on any atom is -0.416 e. The molecule has 1 amide bonds. The summed E-state index contributed by atoms with van der Waals surface area (Å²) in [6.45, 7) is 3.94. The maximum absolute atomic E-state index is 12.0. The Morgan fingerprint density at radius 3 is 2.76 bits per heavy atom. The Morgan fingerprint density at radius 2 is 2.08 bits per heavy atom. The number of nitrogens with one attached hydrogen (secondary N) is 1. The number of nitrogens with zero attached hydrogens (tertiary/aromatic N) is 3. The monoisotopic (exact) mass is 394 g/mol. The fourth-order valence-corrected chi connectivity index (χ4v) is 3.31. The largest absolute Gasteiger partial charge is 0.416 e. The lowest BCUT2D eigenvalue weighted by Gasteiger charge is -2.00. The highest BCUT2D eigenvalue weighted by Crippen LogP contribution is 2.26. The fourth-order valence-electron chi connectivity index (χ4n) is 1.88. The Morgan fingerprint density at radius 1 is 1.32 bits per heavy atom. The van der Waals surface area contributed by atoms with E-state index in [-0.39, 0.29) is 17.6 Å². The molecule has 0 bridgehead atoms. The zero-order chi connectivity index (χ0) is 17.8. The highest BCUT2D eigenvalue weighted by Gasteiger charge is 2.13. The van der Waals surface area contributed by atoms with Gasteiger partial charge in [0.15, 0.2) is 5.13 Å². The van der Waals surface area contributed by atoms with Crippen LogP contribution < -0.4 is 5.32 Å². The van der Waals surface area contributed by atoms with Crippen LogP contribution in [0.1, 0.15) is 25.7 Å². The van der Waals surface area contributed by atoms with E-state index in [1.54, 1.807) is 12.1 Å². The van der Waals surface area contributed by atoms with Gasteiger partial charge in [-0.1, -0.05) is 49.3 Å². The molecule has 3 aromatic rings. The van der Waals surface area contributed by atoms with Gasteiger partial charge in [0.2, 0.25) is 11.8 Å². The number of hydrogen-bond donors (Lipinski definition) is 1. The molecule has 6 nitrogen and oxygen atoms in total. The van der Waals surface area contributed by atoms with E-state index in [2.05, 4.69) is 20.5 Å². The Bertz CT molecular complexity index is 861. The number of thiazole rings is 1. The molecule has 0 aliphatic heterocycles. The van der Waals surface area contributed by atoms with Crippen molar-refractivity contribution in [2.24, 2.45) is 0 Å². The normalized spacial score (nSPS) is 11.0. The van der Waals surface area contributed by atoms with Crippen LogP contribution in [0.4, 0.5) is 5.13 Å². The van der Waals surface area contributed by atoms with Crippen LogP contribution in [-0.2, 0) is 4.79 Å². The number of aromatic nitrogens is 3. The third kappa shape index (κ3) is 4.81. The predicted molar refractivity (Wildman–Crippen MR) is 100 cm³/mol. The van der Waals surface area contributed by atoms with Crippen LogP contribution in [0.15, 0.2) is 39.3 Å². The van der Waals surface area contributed by atoms with E-state index in [1.807, 2.05) is 31.4 Å². The molecule has 0 aliphatic carbocycles. The van der Waals surface area contributed by atoms with Crippen LogP contribution in [-0.4, -0.2) is 26.8 Å². The second-order valence-electron chi connectivity index (χ2n) is 5.44. The number of thioether (sulfide) groups is 1. The second kappa shape index (κ2) is 7.99. The molecule has 0 saturated heterocycles. The summed E-state index contributed by atoms with van der Waals surface area (Å²) < 4.78 is 5.45. The lowest BCUT2D eigenvalue weighted by molar-refractivity contribution is -0.113. The van der Waals surface area contributed by atoms with Gasteiger partial charge in [-0.15, -0.1) is 21.5 Å². The molecule has 25 heavy (non-hydrogen) atoms. The lowest BCUT2D eigenvalue weighted by Crippen LogP contribution is -2.13. The van der Waals surface area contributed by atoms with Crippen molar-refractivity contribution in [1.29, 1.82) is 0 Å². The summed E-state index contributed by atoms with van der Waals surface area (Å²) in [5.41, 5.74) is 1.74. The van der Waals surface area contributed by atoms with E-state index in [1.165, 1.54) is 23.1 Å². The zero-order valence-corrected chi connectivity index (χ0v) is 15.9. The summed E-state index contributed by atoms with van der Waals surface area (Å²) in [5, 5.41) is 14.1. The molecule has 1 aromatic carbocycles. The Labute approximate surface area is 158 Å². The number of rotatable bonds is 6. The molecule has 1 N–H and O–H groups in total. The molecule has 0 unspecified atom stereocenters. The molecule has 3 rings (SSSR count). The standard InChI is InChI=1S/C16H15ClN4O2S2/c1-9(2)14-20-21-16(23-14)25-8-13(22)19-15-18-12(7-24-15)10-3-5-11(17)6-4-10/h3-7,9H,8H2,1-2H3,(H,18,19,22). The molecule has 0 atom stereocenters. The average Bonchev–Trinajstić information content (AvgIpc) is 3.23. The minimum atomic E-state index is -0.175. The first-order valence-corrected chi connectivity index (χ1v) is 9.73. The summed E-state index contributed by atoms with van der Waals surface area (Å²) >= 11 is 8.45. The molecule has 0 fully saturated rings. The maximum Gasteiger partial charge on any atom is 0.277 e. The highest BCUT2D eigenvalue weighted by atomic mass is 35.5. The van der Waals surface area contributed by atoms with Gasteiger partial charge in [0.1, 0.15) is 0 Å². The first-order valence-electron chi connectivity index (χ1n) is 7.49. The van der Waals surface area contributed by atoms with Gasteiger partial charge in [-0.2, -0.15) is 0 Å². The second-order valence-corrected chi connectivity index (χ2v) is 7.66. The number of amides is 1. The molecule has 0 radical (unpaired) electrons. The molecule has 130 valence electrons. The van der Waals surface area contributed by atoms with Gasteiger partial charge >= 0.3 is 0 Å². The first kappa shape index (κ1) is 17.9. The van der Waals surface area contributed by atoms with Crippen LogP contribution in [0.2, 0.25) is 5.02 Å². The molecule has 0 aliphatic rings. The van der Waals surface area contributed by atoms with E-state index in [0.717, 1.165) is 11.3 Å². The molecule has 0 spiro atoms. The number of carbonyl (C=O) groups is 1. The lowest BCUT2D eigenvalue weighted by atomic mass is 10.2. The van der Waals surface area contributed by atoms with Gasteiger partial charge in [0.05, 0.1) is 11.4 Å². The van der Waals surface area contributed by atoms with Crippen LogP contribution in [0.25, 0.3) is 11.3 Å². The van der Waals surface area contributed by atoms with E-state index >= 15 is 0 Å². The predicted octanol–water partition coefficient (Wildman–Crippen LogP) is 4.70. The van der Waals surface area contributed by atoms with Crippen LogP contribution in [0, 0.1) is 0 Å². The van der Waals surface area contributed by atoms with Gasteiger partial charge in [-0.25, -0.2) is 4.98 Å². The number of benzene rings is 1. The van der Waals surface area contributed by atoms with Gasteiger partial charge in [-0.05, 0) is 12.1 Å². The smallest absolute Gasteiger partial charge is 0.277 e. The minimum absolute atomic E-state index is 0.164. The molecular weight excluding hydrogens is 380 g/mol. The van der Waals surface area contributed by atoms with E-state index in [0.29, 0.717) is 21.3 Å². The summed E-state index contributed by atoms with van der Waals surface area (Å²) in [4.78, 5) is 16.5.